The Morgan fingerprint density at radius 1 is 1.23 bits per heavy atom. The molecule has 0 fully saturated rings. The number of carbonyl (C=O) groups is 1. The summed E-state index contributed by atoms with van der Waals surface area (Å²) in [6.07, 6.45) is -4.71. The fraction of sp³-hybridized carbons (Fsp3) is 0.250. The van der Waals surface area contributed by atoms with Crippen molar-refractivity contribution in [2.75, 3.05) is 7.11 Å². The van der Waals surface area contributed by atoms with Crippen LogP contribution in [0.3, 0.4) is 0 Å². The lowest BCUT2D eigenvalue weighted by Crippen LogP contribution is -2.35. The second-order valence-electron chi connectivity index (χ2n) is 5.01. The average molecular weight is 391 g/mol. The highest BCUT2D eigenvalue weighted by molar-refractivity contribution is 6.31. The zero-order chi connectivity index (χ0) is 19.3. The van der Waals surface area contributed by atoms with E-state index >= 15 is 0 Å². The molecule has 0 saturated heterocycles. The molecule has 6 nitrogen and oxygen atoms in total. The predicted octanol–water partition coefficient (Wildman–Crippen LogP) is 3.99. The minimum Gasteiger partial charge on any atom is -0.481 e. The number of rotatable bonds is 6. The number of nitrogens with one attached hydrogen (secondary N) is 1. The van der Waals surface area contributed by atoms with E-state index < -0.39 is 23.8 Å². The van der Waals surface area contributed by atoms with Crippen LogP contribution in [0.1, 0.15) is 12.5 Å². The Kier molecular flexibility index (Phi) is 6.27. The number of benzene rings is 1. The fourth-order valence-electron chi connectivity index (χ4n) is 1.79. The van der Waals surface area contributed by atoms with Crippen molar-refractivity contribution in [1.29, 1.82) is 0 Å². The molecular formula is C16H14ClF3N2O4. The van der Waals surface area contributed by atoms with Gasteiger partial charge in [0, 0.05) is 6.20 Å². The van der Waals surface area contributed by atoms with Crippen molar-refractivity contribution in [1.82, 2.24) is 10.5 Å². The van der Waals surface area contributed by atoms with E-state index in [1.165, 1.54) is 38.3 Å². The number of hydrogen-bond donors (Lipinski definition) is 1. The van der Waals surface area contributed by atoms with E-state index in [2.05, 4.69) is 15.3 Å². The summed E-state index contributed by atoms with van der Waals surface area (Å²) in [7, 11) is 1.30. The number of carbonyl (C=O) groups excluding carboxylic acids is 1. The van der Waals surface area contributed by atoms with Crippen LogP contribution in [0, 0.1) is 0 Å². The van der Waals surface area contributed by atoms with E-state index in [1.807, 2.05) is 0 Å². The zero-order valence-electron chi connectivity index (χ0n) is 13.6. The molecule has 0 spiro atoms. The quantitative estimate of drug-likeness (QED) is 0.755. The molecule has 140 valence electrons. The highest BCUT2D eigenvalue weighted by Gasteiger charge is 2.31. The largest absolute Gasteiger partial charge is 0.481 e. The van der Waals surface area contributed by atoms with Crippen molar-refractivity contribution >= 4 is 17.5 Å². The van der Waals surface area contributed by atoms with E-state index in [4.69, 9.17) is 21.1 Å². The van der Waals surface area contributed by atoms with Crippen LogP contribution in [0.25, 0.3) is 0 Å². The molecule has 1 aromatic heterocycles. The van der Waals surface area contributed by atoms with E-state index in [-0.39, 0.29) is 16.7 Å². The van der Waals surface area contributed by atoms with Crippen LogP contribution >= 0.6 is 11.6 Å². The summed E-state index contributed by atoms with van der Waals surface area (Å²) in [6.45, 7) is 1.53. The maximum absolute atomic E-state index is 12.6. The molecule has 0 aliphatic rings. The van der Waals surface area contributed by atoms with Gasteiger partial charge in [-0.1, -0.05) is 11.6 Å². The molecule has 2 aromatic rings. The van der Waals surface area contributed by atoms with Gasteiger partial charge >= 0.3 is 6.18 Å². The highest BCUT2D eigenvalue weighted by Crippen LogP contribution is 2.34. The van der Waals surface area contributed by atoms with Crippen LogP contribution in [-0.2, 0) is 15.8 Å². The lowest BCUT2D eigenvalue weighted by atomic mass is 10.3. The highest BCUT2D eigenvalue weighted by atomic mass is 35.5. The van der Waals surface area contributed by atoms with Gasteiger partial charge in [0.2, 0.25) is 5.88 Å². The number of amides is 1. The third-order valence-corrected chi connectivity index (χ3v) is 3.33. The Morgan fingerprint density at radius 3 is 2.38 bits per heavy atom. The van der Waals surface area contributed by atoms with Crippen LogP contribution in [0.15, 0.2) is 36.5 Å². The first-order valence-electron chi connectivity index (χ1n) is 7.21. The first-order valence-corrected chi connectivity index (χ1v) is 7.58. The molecule has 0 saturated carbocycles. The van der Waals surface area contributed by atoms with Crippen LogP contribution in [0.4, 0.5) is 13.2 Å². The number of ether oxygens (including phenoxy) is 2. The molecule has 1 heterocycles. The van der Waals surface area contributed by atoms with Crippen LogP contribution < -0.4 is 15.0 Å². The topological polar surface area (TPSA) is 69.7 Å². The lowest BCUT2D eigenvalue weighted by Gasteiger charge is -2.14. The van der Waals surface area contributed by atoms with Crippen LogP contribution in [-0.4, -0.2) is 24.1 Å². The Hall–Kier alpha value is -2.52. The summed E-state index contributed by atoms with van der Waals surface area (Å²) in [6, 6.07) is 6.75. The Morgan fingerprint density at radius 2 is 1.85 bits per heavy atom. The second-order valence-corrected chi connectivity index (χ2v) is 5.42. The number of pyridine rings is 1. The first kappa shape index (κ1) is 19.8. The van der Waals surface area contributed by atoms with Crippen molar-refractivity contribution in [2.24, 2.45) is 0 Å². The van der Waals surface area contributed by atoms with Gasteiger partial charge in [0.15, 0.2) is 6.10 Å². The van der Waals surface area contributed by atoms with Gasteiger partial charge in [-0.2, -0.15) is 13.2 Å². The number of aromatic nitrogens is 1. The van der Waals surface area contributed by atoms with Gasteiger partial charge in [0.05, 0.1) is 12.7 Å². The number of nitrogens with zero attached hydrogens (tertiary/aromatic N) is 1. The summed E-state index contributed by atoms with van der Waals surface area (Å²) in [5.74, 6) is 0.0258. The monoisotopic (exact) mass is 390 g/mol. The van der Waals surface area contributed by atoms with Gasteiger partial charge in [-0.15, -0.1) is 0 Å². The molecule has 1 atom stereocenters. The Bertz CT molecular complexity index is 769. The third kappa shape index (κ3) is 5.24. The smallest absolute Gasteiger partial charge is 0.417 e. The maximum atomic E-state index is 12.6. The van der Waals surface area contributed by atoms with Gasteiger partial charge < -0.3 is 9.47 Å². The number of hydrogen-bond acceptors (Lipinski definition) is 5. The summed E-state index contributed by atoms with van der Waals surface area (Å²) in [4.78, 5) is 19.6. The third-order valence-electron chi connectivity index (χ3n) is 3.06. The minimum atomic E-state index is -4.54. The predicted molar refractivity (Wildman–Crippen MR) is 86.0 cm³/mol. The summed E-state index contributed by atoms with van der Waals surface area (Å²) >= 11 is 5.78. The first-order chi connectivity index (χ1) is 12.2. The molecule has 0 aliphatic heterocycles. The number of halogens is 4. The van der Waals surface area contributed by atoms with E-state index in [0.29, 0.717) is 11.9 Å². The van der Waals surface area contributed by atoms with E-state index in [0.717, 1.165) is 6.07 Å². The Balaban J connectivity index is 2.04. The molecule has 10 heteroatoms. The fourth-order valence-corrected chi connectivity index (χ4v) is 2.00. The molecule has 0 bridgehead atoms. The van der Waals surface area contributed by atoms with Crippen LogP contribution in [0.2, 0.25) is 5.02 Å². The zero-order valence-corrected chi connectivity index (χ0v) is 14.4. The standard InChI is InChI=1S/C16H14ClF3N2O4/c1-9(14(23)22-24-2)25-11-3-5-12(6-4-11)26-15-13(17)7-10(8-21-15)16(18,19)20/h3-9H,1-2H3,(H,22,23). The Labute approximate surface area is 151 Å². The van der Waals surface area contributed by atoms with Crippen molar-refractivity contribution in [3.05, 3.63) is 47.1 Å². The van der Waals surface area contributed by atoms with Crippen molar-refractivity contribution in [2.45, 2.75) is 19.2 Å². The summed E-state index contributed by atoms with van der Waals surface area (Å²) in [5, 5.41) is -0.273. The van der Waals surface area contributed by atoms with Gasteiger partial charge in [-0.3, -0.25) is 9.63 Å². The van der Waals surface area contributed by atoms with Gasteiger partial charge in [-0.05, 0) is 37.3 Å². The SMILES string of the molecule is CONC(=O)C(C)Oc1ccc(Oc2ncc(C(F)(F)F)cc2Cl)cc1. The van der Waals surface area contributed by atoms with Gasteiger partial charge in [-0.25, -0.2) is 10.5 Å². The van der Waals surface area contributed by atoms with Crippen molar-refractivity contribution in [3.63, 3.8) is 0 Å². The molecule has 1 unspecified atom stereocenters. The van der Waals surface area contributed by atoms with Crippen molar-refractivity contribution < 1.29 is 32.3 Å². The lowest BCUT2D eigenvalue weighted by molar-refractivity contribution is -0.138. The van der Waals surface area contributed by atoms with E-state index in [1.54, 1.807) is 0 Å². The van der Waals surface area contributed by atoms with Crippen molar-refractivity contribution in [3.8, 4) is 17.4 Å². The maximum Gasteiger partial charge on any atom is 0.417 e. The minimum absolute atomic E-state index is 0.166. The molecule has 1 aromatic carbocycles. The molecule has 1 N–H and O–H groups in total. The van der Waals surface area contributed by atoms with Crippen LogP contribution in [0.5, 0.6) is 17.4 Å². The molecule has 26 heavy (non-hydrogen) atoms. The molecule has 2 rings (SSSR count). The molecule has 0 aliphatic carbocycles. The average Bonchev–Trinajstić information content (AvgIpc) is 2.57. The second kappa shape index (κ2) is 8.24. The molecular weight excluding hydrogens is 377 g/mol. The molecule has 0 radical (unpaired) electrons. The normalized spacial score (nSPS) is 12.4. The summed E-state index contributed by atoms with van der Waals surface area (Å²) in [5.41, 5.74) is 1.17. The number of hydroxylamine groups is 1. The van der Waals surface area contributed by atoms with Gasteiger partial charge in [0.25, 0.3) is 5.91 Å². The van der Waals surface area contributed by atoms with E-state index in [9.17, 15) is 18.0 Å². The summed E-state index contributed by atoms with van der Waals surface area (Å²) < 4.78 is 48.5. The molecule has 1 amide bonds. The van der Waals surface area contributed by atoms with Gasteiger partial charge in [0.1, 0.15) is 16.5 Å². The number of alkyl halides is 3.